The zero-order valence-electron chi connectivity index (χ0n) is 14.6. The van der Waals surface area contributed by atoms with Gasteiger partial charge in [-0.05, 0) is 24.8 Å². The summed E-state index contributed by atoms with van der Waals surface area (Å²) in [6.45, 7) is 3.40. The van der Waals surface area contributed by atoms with E-state index in [4.69, 9.17) is 9.47 Å². The van der Waals surface area contributed by atoms with Gasteiger partial charge in [0, 0.05) is 45.5 Å². The van der Waals surface area contributed by atoms with Gasteiger partial charge in [-0.3, -0.25) is 15.1 Å². The number of guanidine groups is 1. The zero-order chi connectivity index (χ0) is 17.9. The van der Waals surface area contributed by atoms with E-state index in [9.17, 15) is 10.1 Å². The molecule has 8 heteroatoms. The van der Waals surface area contributed by atoms with Gasteiger partial charge in [0.05, 0.1) is 17.6 Å². The van der Waals surface area contributed by atoms with Crippen molar-refractivity contribution in [2.75, 3.05) is 33.4 Å². The van der Waals surface area contributed by atoms with E-state index in [1.165, 1.54) is 6.07 Å². The number of hydrogen-bond donors (Lipinski definition) is 2. The van der Waals surface area contributed by atoms with Crippen molar-refractivity contribution in [3.05, 3.63) is 39.9 Å². The summed E-state index contributed by atoms with van der Waals surface area (Å²) in [7, 11) is 1.69. The second-order valence-electron chi connectivity index (χ2n) is 5.84. The van der Waals surface area contributed by atoms with Gasteiger partial charge in [-0.1, -0.05) is 12.1 Å². The number of aliphatic imine (C=N–C) groups is 1. The molecule has 0 bridgehead atoms. The van der Waals surface area contributed by atoms with Crippen molar-refractivity contribution in [1.82, 2.24) is 10.6 Å². The Kier molecular flexibility index (Phi) is 8.14. The van der Waals surface area contributed by atoms with Crippen LogP contribution < -0.4 is 10.6 Å². The second kappa shape index (κ2) is 10.6. The minimum Gasteiger partial charge on any atom is -0.379 e. The topological polar surface area (TPSA) is 98.0 Å². The fourth-order valence-corrected chi connectivity index (χ4v) is 2.56. The van der Waals surface area contributed by atoms with Crippen LogP contribution in [-0.2, 0) is 16.0 Å². The minimum absolute atomic E-state index is 0.0886. The van der Waals surface area contributed by atoms with Crippen molar-refractivity contribution in [3.8, 4) is 0 Å². The van der Waals surface area contributed by atoms with Crippen LogP contribution in [0.25, 0.3) is 0 Å². The number of nitro groups is 1. The second-order valence-corrected chi connectivity index (χ2v) is 5.84. The normalized spacial score (nSPS) is 17.5. The molecule has 2 N–H and O–H groups in total. The predicted molar refractivity (Wildman–Crippen MR) is 95.7 cm³/mol. The third-order valence-electron chi connectivity index (χ3n) is 3.89. The Bertz CT molecular complexity index is 574. The van der Waals surface area contributed by atoms with Gasteiger partial charge in [-0.15, -0.1) is 0 Å². The van der Waals surface area contributed by atoms with Crippen molar-refractivity contribution in [2.45, 2.75) is 31.9 Å². The fraction of sp³-hybridized carbons (Fsp3) is 0.588. The molecule has 0 aromatic heterocycles. The molecule has 0 radical (unpaired) electrons. The summed E-state index contributed by atoms with van der Waals surface area (Å²) in [5, 5.41) is 17.1. The van der Waals surface area contributed by atoms with Gasteiger partial charge >= 0.3 is 0 Å². The lowest BCUT2D eigenvalue weighted by Gasteiger charge is -2.13. The van der Waals surface area contributed by atoms with E-state index in [1.54, 1.807) is 19.2 Å². The number of non-ortho nitro benzene ring substituents is 1. The van der Waals surface area contributed by atoms with E-state index in [0.717, 1.165) is 38.0 Å². The van der Waals surface area contributed by atoms with Gasteiger partial charge < -0.3 is 20.1 Å². The summed E-state index contributed by atoms with van der Waals surface area (Å²) in [6, 6.07) is 6.55. The minimum atomic E-state index is -0.396. The Morgan fingerprint density at radius 3 is 3.08 bits per heavy atom. The highest BCUT2D eigenvalue weighted by Crippen LogP contribution is 2.13. The summed E-state index contributed by atoms with van der Waals surface area (Å²) in [5.74, 6) is 0.658. The highest BCUT2D eigenvalue weighted by atomic mass is 16.6. The van der Waals surface area contributed by atoms with Crippen molar-refractivity contribution in [3.63, 3.8) is 0 Å². The van der Waals surface area contributed by atoms with E-state index in [1.807, 2.05) is 6.07 Å². The molecule has 1 heterocycles. The van der Waals surface area contributed by atoms with E-state index in [-0.39, 0.29) is 11.8 Å². The molecule has 138 valence electrons. The molecular formula is C17H26N4O4. The van der Waals surface area contributed by atoms with E-state index >= 15 is 0 Å². The molecule has 0 amide bonds. The maximum Gasteiger partial charge on any atom is 0.269 e. The summed E-state index contributed by atoms with van der Waals surface area (Å²) >= 11 is 0. The Balaban J connectivity index is 1.60. The van der Waals surface area contributed by atoms with Gasteiger partial charge in [-0.2, -0.15) is 0 Å². The molecule has 0 spiro atoms. The number of ether oxygens (including phenoxy) is 2. The first-order valence-corrected chi connectivity index (χ1v) is 8.56. The van der Waals surface area contributed by atoms with Crippen molar-refractivity contribution in [1.29, 1.82) is 0 Å². The maximum atomic E-state index is 10.8. The third kappa shape index (κ3) is 7.06. The average molecular weight is 350 g/mol. The Morgan fingerprint density at radius 2 is 2.36 bits per heavy atom. The lowest BCUT2D eigenvalue weighted by molar-refractivity contribution is -0.384. The monoisotopic (exact) mass is 350 g/mol. The molecule has 1 unspecified atom stereocenters. The van der Waals surface area contributed by atoms with Crippen LogP contribution >= 0.6 is 0 Å². The van der Waals surface area contributed by atoms with Crippen LogP contribution in [0.4, 0.5) is 5.69 Å². The molecule has 1 aromatic rings. The molecular weight excluding hydrogens is 324 g/mol. The Morgan fingerprint density at radius 1 is 1.48 bits per heavy atom. The Labute approximate surface area is 147 Å². The van der Waals surface area contributed by atoms with Gasteiger partial charge in [0.1, 0.15) is 0 Å². The van der Waals surface area contributed by atoms with Crippen molar-refractivity contribution >= 4 is 11.6 Å². The predicted octanol–water partition coefficient (Wildman–Crippen LogP) is 1.85. The van der Waals surface area contributed by atoms with Gasteiger partial charge in [0.15, 0.2) is 5.96 Å². The van der Waals surface area contributed by atoms with Crippen LogP contribution in [0.15, 0.2) is 29.3 Å². The Hall–Kier alpha value is -2.19. The molecule has 1 atom stereocenters. The lowest BCUT2D eigenvalue weighted by atomic mass is 10.2. The number of nitrogens with zero attached hydrogens (tertiary/aromatic N) is 2. The zero-order valence-corrected chi connectivity index (χ0v) is 14.6. The molecule has 1 fully saturated rings. The quantitative estimate of drug-likeness (QED) is 0.232. The summed E-state index contributed by atoms with van der Waals surface area (Å²) in [4.78, 5) is 14.5. The maximum absolute atomic E-state index is 10.8. The molecule has 0 aliphatic carbocycles. The first kappa shape index (κ1) is 19.1. The number of rotatable bonds is 9. The fourth-order valence-electron chi connectivity index (χ4n) is 2.56. The summed E-state index contributed by atoms with van der Waals surface area (Å²) < 4.78 is 11.1. The number of nitrogens with one attached hydrogen (secondary N) is 2. The van der Waals surface area contributed by atoms with Crippen LogP contribution in [0, 0.1) is 10.1 Å². The number of hydrogen-bond acceptors (Lipinski definition) is 5. The van der Waals surface area contributed by atoms with Crippen LogP contribution in [0.3, 0.4) is 0 Å². The van der Waals surface area contributed by atoms with Crippen LogP contribution in [0.2, 0.25) is 0 Å². The van der Waals surface area contributed by atoms with Gasteiger partial charge in [0.25, 0.3) is 5.69 Å². The average Bonchev–Trinajstić information content (AvgIpc) is 3.14. The van der Waals surface area contributed by atoms with Gasteiger partial charge in [0.2, 0.25) is 0 Å². The highest BCUT2D eigenvalue weighted by molar-refractivity contribution is 5.79. The SMILES string of the molecule is CN=C(NCCCOCC1CCCO1)NCc1cccc([N+](=O)[O-])c1. The van der Waals surface area contributed by atoms with Crippen molar-refractivity contribution in [2.24, 2.45) is 4.99 Å². The largest absolute Gasteiger partial charge is 0.379 e. The standard InChI is InChI=1S/C17H26N4O4/c1-18-17(19-8-4-9-24-13-16-7-3-10-25-16)20-12-14-5-2-6-15(11-14)21(22)23/h2,5-6,11,16H,3-4,7-10,12-13H2,1H3,(H2,18,19,20). The summed E-state index contributed by atoms with van der Waals surface area (Å²) in [6.07, 6.45) is 3.34. The molecule has 1 aliphatic rings. The van der Waals surface area contributed by atoms with Crippen LogP contribution in [0.1, 0.15) is 24.8 Å². The first-order valence-electron chi connectivity index (χ1n) is 8.56. The molecule has 2 rings (SSSR count). The van der Waals surface area contributed by atoms with Crippen LogP contribution in [-0.4, -0.2) is 50.4 Å². The van der Waals surface area contributed by atoms with Crippen molar-refractivity contribution < 1.29 is 14.4 Å². The molecule has 0 saturated carbocycles. The van der Waals surface area contributed by atoms with E-state index < -0.39 is 4.92 Å². The molecule has 1 aliphatic heterocycles. The molecule has 25 heavy (non-hydrogen) atoms. The summed E-state index contributed by atoms with van der Waals surface area (Å²) in [5.41, 5.74) is 0.919. The van der Waals surface area contributed by atoms with Crippen LogP contribution in [0.5, 0.6) is 0 Å². The highest BCUT2D eigenvalue weighted by Gasteiger charge is 2.14. The van der Waals surface area contributed by atoms with E-state index in [2.05, 4.69) is 15.6 Å². The smallest absolute Gasteiger partial charge is 0.269 e. The van der Waals surface area contributed by atoms with Gasteiger partial charge in [-0.25, -0.2) is 0 Å². The first-order chi connectivity index (χ1) is 12.2. The molecule has 8 nitrogen and oxygen atoms in total. The number of nitro benzene ring substituents is 1. The lowest BCUT2D eigenvalue weighted by Crippen LogP contribution is -2.37. The molecule has 1 saturated heterocycles. The third-order valence-corrected chi connectivity index (χ3v) is 3.89. The number of benzene rings is 1. The molecule has 1 aromatic carbocycles. The van der Waals surface area contributed by atoms with E-state index in [0.29, 0.717) is 25.7 Å².